The molecule has 0 bridgehead atoms. The number of hydrogen-bond acceptors (Lipinski definition) is 4. The van der Waals surface area contributed by atoms with E-state index in [9.17, 15) is 8.42 Å². The molecule has 2 heterocycles. The quantitative estimate of drug-likeness (QED) is 0.928. The number of nitrogens with zero attached hydrogens (tertiary/aromatic N) is 2. The molecule has 0 amide bonds. The Labute approximate surface area is 127 Å². The Balaban J connectivity index is 1.76. The second kappa shape index (κ2) is 5.39. The lowest BCUT2D eigenvalue weighted by molar-refractivity contribution is 0.120. The van der Waals surface area contributed by atoms with E-state index in [1.807, 2.05) is 0 Å². The Morgan fingerprint density at radius 2 is 1.90 bits per heavy atom. The maximum absolute atomic E-state index is 11.9. The zero-order valence-electron chi connectivity index (χ0n) is 12.9. The summed E-state index contributed by atoms with van der Waals surface area (Å²) in [4.78, 5) is 2.98. The lowest BCUT2D eigenvalue weighted by Gasteiger charge is -2.41. The minimum Gasteiger partial charge on any atom is -0.300 e. The Kier molecular flexibility index (Phi) is 3.86. The molecule has 3 rings (SSSR count). The standard InChI is InChI=1S/C15H25N3O2S/c1-15(14-13(11-16-17-14)21(2,19)20)7-9-18(10-8-15)12-5-3-4-6-12/h11-12H,3-10H2,1-2H3,(H,16,17). The molecule has 1 aromatic heterocycles. The van der Waals surface area contributed by atoms with Gasteiger partial charge in [-0.1, -0.05) is 19.8 Å². The minimum atomic E-state index is -3.21. The molecule has 2 fully saturated rings. The summed E-state index contributed by atoms with van der Waals surface area (Å²) in [6.45, 7) is 4.29. The average molecular weight is 311 g/mol. The lowest BCUT2D eigenvalue weighted by atomic mass is 9.77. The zero-order chi connectivity index (χ0) is 15.1. The first-order chi connectivity index (χ1) is 9.90. The van der Waals surface area contributed by atoms with Crippen LogP contribution in [0.2, 0.25) is 0 Å². The van der Waals surface area contributed by atoms with Crippen LogP contribution in [0.3, 0.4) is 0 Å². The van der Waals surface area contributed by atoms with Crippen molar-refractivity contribution in [3.05, 3.63) is 11.9 Å². The molecule has 1 aromatic rings. The number of aromatic amines is 1. The highest BCUT2D eigenvalue weighted by Gasteiger charge is 2.38. The fourth-order valence-electron chi connectivity index (χ4n) is 3.89. The normalized spacial score (nSPS) is 24.5. The summed E-state index contributed by atoms with van der Waals surface area (Å²) in [7, 11) is -3.21. The van der Waals surface area contributed by atoms with Crippen LogP contribution in [-0.2, 0) is 15.3 Å². The van der Waals surface area contributed by atoms with E-state index < -0.39 is 9.84 Å². The summed E-state index contributed by atoms with van der Waals surface area (Å²) >= 11 is 0. The van der Waals surface area contributed by atoms with Gasteiger partial charge in [0.25, 0.3) is 0 Å². The molecule has 118 valence electrons. The van der Waals surface area contributed by atoms with Gasteiger partial charge in [-0.3, -0.25) is 5.10 Å². The summed E-state index contributed by atoms with van der Waals surface area (Å²) in [5.74, 6) is 0. The van der Waals surface area contributed by atoms with Gasteiger partial charge in [0.15, 0.2) is 9.84 Å². The number of likely N-dealkylation sites (tertiary alicyclic amines) is 1. The Hall–Kier alpha value is -0.880. The highest BCUT2D eigenvalue weighted by atomic mass is 32.2. The molecule has 0 spiro atoms. The molecule has 6 heteroatoms. The van der Waals surface area contributed by atoms with Crippen LogP contribution < -0.4 is 0 Å². The monoisotopic (exact) mass is 311 g/mol. The van der Waals surface area contributed by atoms with Crippen LogP contribution in [0.1, 0.15) is 51.1 Å². The summed E-state index contributed by atoms with van der Waals surface area (Å²) < 4.78 is 23.8. The number of rotatable bonds is 3. The van der Waals surface area contributed by atoms with Gasteiger partial charge in [-0.2, -0.15) is 5.10 Å². The van der Waals surface area contributed by atoms with Gasteiger partial charge in [0, 0.05) is 17.7 Å². The molecule has 0 atom stereocenters. The number of nitrogens with one attached hydrogen (secondary N) is 1. The zero-order valence-corrected chi connectivity index (χ0v) is 13.7. The van der Waals surface area contributed by atoms with E-state index in [0.29, 0.717) is 4.90 Å². The van der Waals surface area contributed by atoms with Crippen molar-refractivity contribution >= 4 is 9.84 Å². The predicted octanol–water partition coefficient (Wildman–Crippen LogP) is 2.11. The van der Waals surface area contributed by atoms with Crippen molar-refractivity contribution in [3.63, 3.8) is 0 Å². The van der Waals surface area contributed by atoms with Crippen LogP contribution in [0, 0.1) is 0 Å². The first-order valence-corrected chi connectivity index (χ1v) is 9.77. The molecule has 1 saturated heterocycles. The first kappa shape index (κ1) is 15.0. The first-order valence-electron chi connectivity index (χ1n) is 7.88. The average Bonchev–Trinajstić information content (AvgIpc) is 3.10. The molecular weight excluding hydrogens is 286 g/mol. The van der Waals surface area contributed by atoms with E-state index in [1.54, 1.807) is 0 Å². The molecule has 1 aliphatic carbocycles. The van der Waals surface area contributed by atoms with Crippen molar-refractivity contribution in [2.45, 2.75) is 61.8 Å². The van der Waals surface area contributed by atoms with Crippen LogP contribution in [0.15, 0.2) is 11.1 Å². The molecule has 5 nitrogen and oxygen atoms in total. The van der Waals surface area contributed by atoms with Crippen molar-refractivity contribution in [1.82, 2.24) is 15.1 Å². The third-order valence-corrected chi connectivity index (χ3v) is 6.46. The van der Waals surface area contributed by atoms with E-state index >= 15 is 0 Å². The Bertz CT molecular complexity index is 594. The number of hydrogen-bond donors (Lipinski definition) is 1. The molecule has 2 aliphatic rings. The van der Waals surface area contributed by atoms with Crippen LogP contribution in [0.5, 0.6) is 0 Å². The molecule has 1 aliphatic heterocycles. The second-order valence-electron chi connectivity index (χ2n) is 6.92. The second-order valence-corrected chi connectivity index (χ2v) is 8.90. The maximum Gasteiger partial charge on any atom is 0.178 e. The van der Waals surface area contributed by atoms with Gasteiger partial charge in [-0.05, 0) is 38.8 Å². The molecule has 0 radical (unpaired) electrons. The molecule has 1 N–H and O–H groups in total. The van der Waals surface area contributed by atoms with Crippen molar-refractivity contribution < 1.29 is 8.42 Å². The van der Waals surface area contributed by atoms with Gasteiger partial charge < -0.3 is 4.90 Å². The summed E-state index contributed by atoms with van der Waals surface area (Å²) in [5, 5.41) is 6.95. The van der Waals surface area contributed by atoms with E-state index in [-0.39, 0.29) is 5.41 Å². The van der Waals surface area contributed by atoms with E-state index in [1.165, 1.54) is 38.1 Å². The maximum atomic E-state index is 11.9. The SMILES string of the molecule is CC1(c2[nH]ncc2S(C)(=O)=O)CCN(C2CCCC2)CC1. The highest BCUT2D eigenvalue weighted by Crippen LogP contribution is 2.38. The van der Waals surface area contributed by atoms with Gasteiger partial charge in [0.05, 0.1) is 11.9 Å². The third kappa shape index (κ3) is 2.88. The fourth-order valence-corrected chi connectivity index (χ4v) is 4.80. The number of H-pyrrole nitrogens is 1. The number of sulfone groups is 1. The van der Waals surface area contributed by atoms with E-state index in [0.717, 1.165) is 37.7 Å². The lowest BCUT2D eigenvalue weighted by Crippen LogP contribution is -2.45. The Morgan fingerprint density at radius 3 is 2.48 bits per heavy atom. The van der Waals surface area contributed by atoms with Gasteiger partial charge in [-0.15, -0.1) is 0 Å². The molecule has 1 saturated carbocycles. The van der Waals surface area contributed by atoms with Crippen molar-refractivity contribution in [2.75, 3.05) is 19.3 Å². The van der Waals surface area contributed by atoms with E-state index in [4.69, 9.17) is 0 Å². The summed E-state index contributed by atoms with van der Waals surface area (Å²) in [6.07, 6.45) is 10.1. The largest absolute Gasteiger partial charge is 0.300 e. The topological polar surface area (TPSA) is 66.1 Å². The van der Waals surface area contributed by atoms with Gasteiger partial charge in [-0.25, -0.2) is 8.42 Å². The number of piperidine rings is 1. The Morgan fingerprint density at radius 1 is 1.29 bits per heavy atom. The summed E-state index contributed by atoms with van der Waals surface area (Å²) in [5.41, 5.74) is 0.695. The van der Waals surface area contributed by atoms with Crippen LogP contribution in [0.25, 0.3) is 0 Å². The van der Waals surface area contributed by atoms with Crippen molar-refractivity contribution in [3.8, 4) is 0 Å². The van der Waals surface area contributed by atoms with Crippen LogP contribution in [0.4, 0.5) is 0 Å². The minimum absolute atomic E-state index is 0.107. The van der Waals surface area contributed by atoms with Crippen molar-refractivity contribution in [2.24, 2.45) is 0 Å². The fraction of sp³-hybridized carbons (Fsp3) is 0.800. The smallest absolute Gasteiger partial charge is 0.178 e. The summed E-state index contributed by atoms with van der Waals surface area (Å²) in [6, 6.07) is 0.755. The molecule has 21 heavy (non-hydrogen) atoms. The van der Waals surface area contributed by atoms with Crippen LogP contribution in [-0.4, -0.2) is 48.9 Å². The van der Waals surface area contributed by atoms with Gasteiger partial charge >= 0.3 is 0 Å². The molecule has 0 aromatic carbocycles. The van der Waals surface area contributed by atoms with Crippen molar-refractivity contribution in [1.29, 1.82) is 0 Å². The van der Waals surface area contributed by atoms with Gasteiger partial charge in [0.1, 0.15) is 4.90 Å². The third-order valence-electron chi connectivity index (χ3n) is 5.35. The number of aromatic nitrogens is 2. The molecule has 0 unspecified atom stereocenters. The van der Waals surface area contributed by atoms with Crippen LogP contribution >= 0.6 is 0 Å². The highest BCUT2D eigenvalue weighted by molar-refractivity contribution is 7.90. The predicted molar refractivity (Wildman–Crippen MR) is 82.1 cm³/mol. The van der Waals surface area contributed by atoms with E-state index in [2.05, 4.69) is 22.0 Å². The molecular formula is C15H25N3O2S. The van der Waals surface area contributed by atoms with Gasteiger partial charge in [0.2, 0.25) is 0 Å².